The number of rotatable bonds is 3. The molecular formula is C14H15N3O4S2. The molecule has 9 heteroatoms. The van der Waals surface area contributed by atoms with E-state index < -0.39 is 27.7 Å². The molecule has 1 fully saturated rings. The van der Waals surface area contributed by atoms with E-state index in [1.807, 2.05) is 5.40 Å². The zero-order chi connectivity index (χ0) is 17.0. The monoisotopic (exact) mass is 353 g/mol. The van der Waals surface area contributed by atoms with Crippen molar-refractivity contribution >= 4 is 39.1 Å². The number of thiocyanates is 1. The number of hydrogen-bond acceptors (Lipinski definition) is 6. The van der Waals surface area contributed by atoms with Crippen LogP contribution in [0.1, 0.15) is 6.42 Å². The van der Waals surface area contributed by atoms with Crippen LogP contribution >= 0.6 is 11.8 Å². The molecule has 0 aromatic heterocycles. The van der Waals surface area contributed by atoms with E-state index in [0.717, 1.165) is 16.7 Å². The van der Waals surface area contributed by atoms with Gasteiger partial charge < -0.3 is 10.2 Å². The molecule has 1 unspecified atom stereocenters. The van der Waals surface area contributed by atoms with E-state index in [1.165, 1.54) is 11.9 Å². The fourth-order valence-corrected chi connectivity index (χ4v) is 4.40. The quantitative estimate of drug-likeness (QED) is 0.490. The lowest BCUT2D eigenvalue weighted by molar-refractivity contribution is -0.143. The van der Waals surface area contributed by atoms with Gasteiger partial charge in [-0.25, -0.2) is 8.42 Å². The average Bonchev–Trinajstić information content (AvgIpc) is 2.88. The van der Waals surface area contributed by atoms with E-state index in [0.29, 0.717) is 12.1 Å². The molecule has 0 bridgehead atoms. The number of sulfone groups is 1. The van der Waals surface area contributed by atoms with Gasteiger partial charge in [-0.05, 0) is 42.4 Å². The van der Waals surface area contributed by atoms with Gasteiger partial charge in [-0.15, -0.1) is 0 Å². The highest BCUT2D eigenvalue weighted by Gasteiger charge is 2.34. The summed E-state index contributed by atoms with van der Waals surface area (Å²) >= 11 is 0.991. The Labute approximate surface area is 138 Å². The van der Waals surface area contributed by atoms with Gasteiger partial charge in [0, 0.05) is 23.7 Å². The maximum absolute atomic E-state index is 12.1. The Hall–Kier alpha value is -2.05. The van der Waals surface area contributed by atoms with Crippen molar-refractivity contribution in [2.75, 3.05) is 23.9 Å². The molecule has 0 spiro atoms. The minimum absolute atomic E-state index is 0.0366. The smallest absolute Gasteiger partial charge is 0.313 e. The number of anilines is 1. The summed E-state index contributed by atoms with van der Waals surface area (Å²) in [6.07, 6.45) is 0.345. The van der Waals surface area contributed by atoms with Crippen molar-refractivity contribution in [2.45, 2.75) is 17.4 Å². The summed E-state index contributed by atoms with van der Waals surface area (Å²) in [5.74, 6) is -1.67. The van der Waals surface area contributed by atoms with Crippen LogP contribution in [0.3, 0.4) is 0 Å². The Balaban J connectivity index is 1.97. The van der Waals surface area contributed by atoms with E-state index in [9.17, 15) is 18.0 Å². The third-order valence-corrected chi connectivity index (χ3v) is 5.90. The highest BCUT2D eigenvalue weighted by atomic mass is 32.2. The molecule has 2 rings (SSSR count). The minimum Gasteiger partial charge on any atom is -0.333 e. The lowest BCUT2D eigenvalue weighted by Crippen LogP contribution is -2.43. The highest BCUT2D eigenvalue weighted by Crippen LogP contribution is 2.20. The summed E-state index contributed by atoms with van der Waals surface area (Å²) in [6, 6.07) is 6.02. The number of likely N-dealkylation sites (N-methyl/N-ethyl adjacent to an activating group) is 1. The van der Waals surface area contributed by atoms with E-state index in [1.54, 1.807) is 24.3 Å². The normalized spacial score (nSPS) is 18.9. The lowest BCUT2D eigenvalue weighted by Gasteiger charge is -2.22. The Morgan fingerprint density at radius 3 is 2.52 bits per heavy atom. The van der Waals surface area contributed by atoms with Crippen LogP contribution < -0.4 is 5.32 Å². The van der Waals surface area contributed by atoms with Crippen molar-refractivity contribution in [1.82, 2.24) is 4.90 Å². The molecule has 122 valence electrons. The number of nitriles is 1. The number of carbonyl (C=O) groups is 2. The first-order valence-electron chi connectivity index (χ1n) is 6.77. The first-order valence-corrected chi connectivity index (χ1v) is 9.41. The van der Waals surface area contributed by atoms with Gasteiger partial charge in [0.2, 0.25) is 0 Å². The predicted molar refractivity (Wildman–Crippen MR) is 86.4 cm³/mol. The van der Waals surface area contributed by atoms with Gasteiger partial charge in [0.15, 0.2) is 9.84 Å². The van der Waals surface area contributed by atoms with Crippen LogP contribution in [0.4, 0.5) is 5.69 Å². The fraction of sp³-hybridized carbons (Fsp3) is 0.357. The average molecular weight is 353 g/mol. The second-order valence-electron chi connectivity index (χ2n) is 5.14. The van der Waals surface area contributed by atoms with Crippen molar-refractivity contribution < 1.29 is 18.0 Å². The highest BCUT2D eigenvalue weighted by molar-refractivity contribution is 8.03. The van der Waals surface area contributed by atoms with Crippen LogP contribution in [0.15, 0.2) is 29.2 Å². The molecule has 1 aromatic carbocycles. The number of nitrogens with one attached hydrogen (secondary N) is 1. The third kappa shape index (κ3) is 4.46. The van der Waals surface area contributed by atoms with E-state index in [4.69, 9.17) is 5.26 Å². The number of amides is 2. The van der Waals surface area contributed by atoms with Crippen LogP contribution in [0.25, 0.3) is 0 Å². The summed E-state index contributed by atoms with van der Waals surface area (Å²) in [4.78, 5) is 26.0. The maximum Gasteiger partial charge on any atom is 0.313 e. The van der Waals surface area contributed by atoms with E-state index in [-0.39, 0.29) is 11.5 Å². The van der Waals surface area contributed by atoms with Gasteiger partial charge >= 0.3 is 11.8 Å². The van der Waals surface area contributed by atoms with Crippen molar-refractivity contribution in [1.29, 1.82) is 5.26 Å². The van der Waals surface area contributed by atoms with Gasteiger partial charge in [0.1, 0.15) is 5.40 Å². The zero-order valence-corrected chi connectivity index (χ0v) is 14.0. The molecule has 1 saturated heterocycles. The first-order chi connectivity index (χ1) is 10.8. The molecular weight excluding hydrogens is 338 g/mol. The summed E-state index contributed by atoms with van der Waals surface area (Å²) < 4.78 is 22.9. The van der Waals surface area contributed by atoms with Gasteiger partial charge in [0.05, 0.1) is 11.5 Å². The molecule has 1 aliphatic heterocycles. The molecule has 2 amide bonds. The molecule has 1 atom stereocenters. The number of hydrogen-bond donors (Lipinski definition) is 1. The molecule has 0 radical (unpaired) electrons. The Bertz CT molecular complexity index is 753. The second-order valence-corrected chi connectivity index (χ2v) is 8.23. The lowest BCUT2D eigenvalue weighted by atomic mass is 10.2. The SMILES string of the molecule is CN(C(=O)C(=O)Nc1ccc(SC#N)cc1)C1CCS(=O)(=O)C1. The van der Waals surface area contributed by atoms with Crippen LogP contribution in [-0.2, 0) is 19.4 Å². The van der Waals surface area contributed by atoms with Crippen LogP contribution in [0.5, 0.6) is 0 Å². The van der Waals surface area contributed by atoms with Crippen LogP contribution in [0.2, 0.25) is 0 Å². The summed E-state index contributed by atoms with van der Waals surface area (Å²) in [6.45, 7) is 0. The second kappa shape index (κ2) is 7.02. The molecule has 23 heavy (non-hydrogen) atoms. The van der Waals surface area contributed by atoms with Crippen molar-refractivity contribution in [3.63, 3.8) is 0 Å². The molecule has 1 N–H and O–H groups in total. The standard InChI is InChI=1S/C14H15N3O4S2/c1-17(11-6-7-23(20,21)8-11)14(19)13(18)16-10-2-4-12(5-3-10)22-9-15/h2-5,11H,6-8H2,1H3,(H,16,18). The zero-order valence-electron chi connectivity index (χ0n) is 12.4. The summed E-state index contributed by atoms with van der Waals surface area (Å²) in [5.41, 5.74) is 0.429. The predicted octanol–water partition coefficient (Wildman–Crippen LogP) is 0.844. The minimum atomic E-state index is -3.12. The third-order valence-electron chi connectivity index (χ3n) is 3.55. The van der Waals surface area contributed by atoms with Crippen molar-refractivity contribution in [3.8, 4) is 5.40 Å². The molecule has 0 aliphatic carbocycles. The van der Waals surface area contributed by atoms with E-state index in [2.05, 4.69) is 5.32 Å². The molecule has 7 nitrogen and oxygen atoms in total. The Kier molecular flexibility index (Phi) is 5.28. The fourth-order valence-electron chi connectivity index (χ4n) is 2.25. The first kappa shape index (κ1) is 17.3. The number of nitrogens with zero attached hydrogens (tertiary/aromatic N) is 2. The van der Waals surface area contributed by atoms with Gasteiger partial charge in [0.25, 0.3) is 0 Å². The Morgan fingerprint density at radius 2 is 2.00 bits per heavy atom. The number of benzene rings is 1. The van der Waals surface area contributed by atoms with Gasteiger partial charge in [-0.2, -0.15) is 5.26 Å². The maximum atomic E-state index is 12.1. The topological polar surface area (TPSA) is 107 Å². The van der Waals surface area contributed by atoms with Crippen LogP contribution in [0, 0.1) is 10.7 Å². The summed E-state index contributed by atoms with van der Waals surface area (Å²) in [5, 5.41) is 13.0. The molecule has 1 heterocycles. The van der Waals surface area contributed by atoms with Gasteiger partial charge in [-0.1, -0.05) is 0 Å². The van der Waals surface area contributed by atoms with Crippen molar-refractivity contribution in [2.24, 2.45) is 0 Å². The number of carbonyl (C=O) groups excluding carboxylic acids is 2. The van der Waals surface area contributed by atoms with Crippen LogP contribution in [-0.4, -0.2) is 49.7 Å². The molecule has 0 saturated carbocycles. The molecule has 1 aliphatic rings. The molecule has 1 aromatic rings. The van der Waals surface area contributed by atoms with Gasteiger partial charge in [-0.3, -0.25) is 9.59 Å². The number of thioether (sulfide) groups is 1. The largest absolute Gasteiger partial charge is 0.333 e. The van der Waals surface area contributed by atoms with E-state index >= 15 is 0 Å². The van der Waals surface area contributed by atoms with Crippen molar-refractivity contribution in [3.05, 3.63) is 24.3 Å². The Morgan fingerprint density at radius 1 is 1.35 bits per heavy atom. The summed E-state index contributed by atoms with van der Waals surface area (Å²) in [7, 11) is -1.69.